The van der Waals surface area contributed by atoms with Gasteiger partial charge in [0, 0.05) is 31.0 Å². The molecule has 0 aromatic heterocycles. The summed E-state index contributed by atoms with van der Waals surface area (Å²) in [5.74, 6) is -0.0641. The second-order valence-electron chi connectivity index (χ2n) is 5.37. The van der Waals surface area contributed by atoms with Gasteiger partial charge < -0.3 is 9.64 Å². The summed E-state index contributed by atoms with van der Waals surface area (Å²) in [6.45, 7) is 0.706. The number of methoxy groups -OCH3 is 1. The minimum Gasteiger partial charge on any atom is -0.496 e. The lowest BCUT2D eigenvalue weighted by atomic mass is 10.0. The predicted octanol–water partition coefficient (Wildman–Crippen LogP) is 1.32. The third-order valence-electron chi connectivity index (χ3n) is 4.00. The average molecular weight is 323 g/mol. The van der Waals surface area contributed by atoms with Crippen LogP contribution < -0.4 is 4.74 Å². The molecule has 0 aliphatic carbocycles. The average Bonchev–Trinajstić information content (AvgIpc) is 2.77. The number of imide groups is 1. The highest BCUT2D eigenvalue weighted by molar-refractivity contribution is 6.31. The zero-order chi connectivity index (χ0) is 15.9. The molecule has 6 nitrogen and oxygen atoms in total. The molecule has 3 amide bonds. The molecule has 0 atom stereocenters. The van der Waals surface area contributed by atoms with Crippen LogP contribution in [0.3, 0.4) is 0 Å². The van der Waals surface area contributed by atoms with Gasteiger partial charge in [-0.3, -0.25) is 19.3 Å². The van der Waals surface area contributed by atoms with Crippen LogP contribution in [-0.4, -0.2) is 53.8 Å². The molecule has 3 rings (SSSR count). The van der Waals surface area contributed by atoms with Crippen molar-refractivity contribution in [3.8, 4) is 5.75 Å². The summed E-state index contributed by atoms with van der Waals surface area (Å²) in [6, 6.07) is 4.64. The molecular weight excluding hydrogens is 308 g/mol. The van der Waals surface area contributed by atoms with Crippen LogP contribution in [0.5, 0.6) is 5.75 Å². The first-order valence-electron chi connectivity index (χ1n) is 6.99. The molecule has 2 fully saturated rings. The molecule has 116 valence electrons. The van der Waals surface area contributed by atoms with Crippen LogP contribution in [-0.2, 0) is 9.59 Å². The van der Waals surface area contributed by atoms with Gasteiger partial charge in [-0.15, -0.1) is 0 Å². The summed E-state index contributed by atoms with van der Waals surface area (Å²) in [5.41, 5.74) is 0.382. The quantitative estimate of drug-likeness (QED) is 0.787. The van der Waals surface area contributed by atoms with Crippen molar-refractivity contribution in [3.63, 3.8) is 0 Å². The summed E-state index contributed by atoms with van der Waals surface area (Å²) >= 11 is 5.93. The van der Waals surface area contributed by atoms with Crippen molar-refractivity contribution in [1.82, 2.24) is 9.80 Å². The Morgan fingerprint density at radius 3 is 2.45 bits per heavy atom. The van der Waals surface area contributed by atoms with Gasteiger partial charge in [0.2, 0.25) is 11.8 Å². The van der Waals surface area contributed by atoms with Crippen LogP contribution in [0.15, 0.2) is 18.2 Å². The minimum absolute atomic E-state index is 0.151. The van der Waals surface area contributed by atoms with Crippen molar-refractivity contribution in [2.24, 2.45) is 0 Å². The Hall–Kier alpha value is -2.08. The molecule has 2 aliphatic heterocycles. The highest BCUT2D eigenvalue weighted by Gasteiger charge is 2.43. The molecule has 0 N–H and O–H groups in total. The third-order valence-corrected chi connectivity index (χ3v) is 4.23. The lowest BCUT2D eigenvalue weighted by molar-refractivity contribution is -0.144. The first-order chi connectivity index (χ1) is 10.5. The fourth-order valence-electron chi connectivity index (χ4n) is 2.80. The maximum atomic E-state index is 12.5. The fourth-order valence-corrected chi connectivity index (χ4v) is 2.98. The standard InChI is InChI=1S/C15H15ClN2O4/c1-22-12-3-2-9(16)6-11(12)15(21)17-7-10(8-17)18-13(19)4-5-14(18)20/h2-3,6,10H,4-5,7-8H2,1H3. The molecule has 7 heteroatoms. The molecule has 1 aromatic rings. The van der Waals surface area contributed by atoms with Gasteiger partial charge in [-0.05, 0) is 18.2 Å². The van der Waals surface area contributed by atoms with Crippen LogP contribution in [0, 0.1) is 0 Å². The molecule has 0 spiro atoms. The number of benzene rings is 1. The van der Waals surface area contributed by atoms with E-state index in [4.69, 9.17) is 16.3 Å². The zero-order valence-corrected chi connectivity index (χ0v) is 12.8. The monoisotopic (exact) mass is 322 g/mol. The maximum Gasteiger partial charge on any atom is 0.257 e. The number of likely N-dealkylation sites (tertiary alicyclic amines) is 2. The number of rotatable bonds is 3. The van der Waals surface area contributed by atoms with Crippen LogP contribution in [0.25, 0.3) is 0 Å². The lowest BCUT2D eigenvalue weighted by Gasteiger charge is -2.43. The molecule has 0 bridgehead atoms. The second kappa shape index (κ2) is 5.61. The Morgan fingerprint density at radius 2 is 1.86 bits per heavy atom. The highest BCUT2D eigenvalue weighted by Crippen LogP contribution is 2.28. The van der Waals surface area contributed by atoms with Crippen LogP contribution >= 0.6 is 11.6 Å². The summed E-state index contributed by atoms with van der Waals surface area (Å²) < 4.78 is 5.18. The van der Waals surface area contributed by atoms with Crippen molar-refractivity contribution < 1.29 is 19.1 Å². The first-order valence-corrected chi connectivity index (χ1v) is 7.36. The molecule has 2 heterocycles. The highest BCUT2D eigenvalue weighted by atomic mass is 35.5. The van der Waals surface area contributed by atoms with E-state index in [0.717, 1.165) is 0 Å². The Bertz CT molecular complexity index is 639. The van der Waals surface area contributed by atoms with Gasteiger partial charge in [0.15, 0.2) is 0 Å². The van der Waals surface area contributed by atoms with E-state index < -0.39 is 0 Å². The van der Waals surface area contributed by atoms with Gasteiger partial charge in [0.05, 0.1) is 18.7 Å². The normalized spacial score (nSPS) is 18.6. The van der Waals surface area contributed by atoms with Crippen molar-refractivity contribution in [2.75, 3.05) is 20.2 Å². The molecule has 1 aromatic carbocycles. The summed E-state index contributed by atoms with van der Waals surface area (Å²) in [5, 5.41) is 0.450. The summed E-state index contributed by atoms with van der Waals surface area (Å²) in [6.07, 6.45) is 0.538. The van der Waals surface area contributed by atoms with Crippen LogP contribution in [0.2, 0.25) is 5.02 Å². The van der Waals surface area contributed by atoms with Gasteiger partial charge in [-0.1, -0.05) is 11.6 Å². The lowest BCUT2D eigenvalue weighted by Crippen LogP contribution is -2.62. The summed E-state index contributed by atoms with van der Waals surface area (Å²) in [4.78, 5) is 38.7. The van der Waals surface area contributed by atoms with Gasteiger partial charge in [0.25, 0.3) is 5.91 Å². The van der Waals surface area contributed by atoms with E-state index in [2.05, 4.69) is 0 Å². The van der Waals surface area contributed by atoms with E-state index >= 15 is 0 Å². The topological polar surface area (TPSA) is 66.9 Å². The van der Waals surface area contributed by atoms with Crippen molar-refractivity contribution >= 4 is 29.3 Å². The zero-order valence-electron chi connectivity index (χ0n) is 12.0. The van der Waals surface area contributed by atoms with E-state index in [-0.39, 0.29) is 36.6 Å². The van der Waals surface area contributed by atoms with Gasteiger partial charge in [0.1, 0.15) is 5.75 Å². The number of halogens is 1. The van der Waals surface area contributed by atoms with Crippen LogP contribution in [0.1, 0.15) is 23.2 Å². The largest absolute Gasteiger partial charge is 0.496 e. The molecule has 0 radical (unpaired) electrons. The molecule has 0 saturated carbocycles. The number of nitrogens with zero attached hydrogens (tertiary/aromatic N) is 2. The van der Waals surface area contributed by atoms with Crippen LogP contribution in [0.4, 0.5) is 0 Å². The van der Waals surface area contributed by atoms with E-state index in [1.54, 1.807) is 23.1 Å². The first kappa shape index (κ1) is 14.8. The molecule has 22 heavy (non-hydrogen) atoms. The van der Waals surface area contributed by atoms with Gasteiger partial charge >= 0.3 is 0 Å². The molecule has 0 unspecified atom stereocenters. The number of amides is 3. The number of hydrogen-bond acceptors (Lipinski definition) is 4. The Balaban J connectivity index is 1.70. The Morgan fingerprint density at radius 1 is 1.23 bits per heavy atom. The minimum atomic E-state index is -0.213. The van der Waals surface area contributed by atoms with Gasteiger partial charge in [-0.25, -0.2) is 0 Å². The third kappa shape index (κ3) is 2.43. The number of ether oxygens (including phenoxy) is 1. The second-order valence-corrected chi connectivity index (χ2v) is 5.80. The molecule has 2 aliphatic rings. The van der Waals surface area contributed by atoms with E-state index in [1.807, 2.05) is 0 Å². The maximum absolute atomic E-state index is 12.5. The Labute approximate surface area is 132 Å². The van der Waals surface area contributed by atoms with E-state index in [9.17, 15) is 14.4 Å². The Kier molecular flexibility index (Phi) is 3.78. The number of carbonyl (C=O) groups is 3. The fraction of sp³-hybridized carbons (Fsp3) is 0.400. The van der Waals surface area contributed by atoms with Crippen molar-refractivity contribution in [2.45, 2.75) is 18.9 Å². The van der Waals surface area contributed by atoms with Crippen molar-refractivity contribution in [1.29, 1.82) is 0 Å². The number of carbonyl (C=O) groups excluding carboxylic acids is 3. The molecular formula is C15H15ClN2O4. The molecule has 2 saturated heterocycles. The predicted molar refractivity (Wildman–Crippen MR) is 78.8 cm³/mol. The number of hydrogen-bond donors (Lipinski definition) is 0. The van der Waals surface area contributed by atoms with Crippen molar-refractivity contribution in [3.05, 3.63) is 28.8 Å². The van der Waals surface area contributed by atoms with E-state index in [0.29, 0.717) is 29.4 Å². The summed E-state index contributed by atoms with van der Waals surface area (Å²) in [7, 11) is 1.49. The van der Waals surface area contributed by atoms with Gasteiger partial charge in [-0.2, -0.15) is 0 Å². The van der Waals surface area contributed by atoms with E-state index in [1.165, 1.54) is 12.0 Å². The smallest absolute Gasteiger partial charge is 0.257 e. The SMILES string of the molecule is COc1ccc(Cl)cc1C(=O)N1CC(N2C(=O)CCC2=O)C1.